The van der Waals surface area contributed by atoms with Crippen LogP contribution in [0.2, 0.25) is 0 Å². The van der Waals surface area contributed by atoms with Crippen molar-refractivity contribution >= 4 is 23.4 Å². The number of hydrogen-bond donors (Lipinski definition) is 1. The van der Waals surface area contributed by atoms with Gasteiger partial charge in [-0.1, -0.05) is 30.3 Å². The van der Waals surface area contributed by atoms with Crippen molar-refractivity contribution in [2.45, 2.75) is 26.5 Å². The molecular weight excluding hydrogens is 427 g/mol. The van der Waals surface area contributed by atoms with Gasteiger partial charge in [0.2, 0.25) is 5.91 Å². The van der Waals surface area contributed by atoms with Crippen LogP contribution in [0.1, 0.15) is 19.4 Å². The molecule has 1 fully saturated rings. The van der Waals surface area contributed by atoms with Gasteiger partial charge in [-0.05, 0) is 30.7 Å². The normalized spacial score (nSPS) is 15.6. The smallest absolute Gasteiger partial charge is 0.414 e. The molecule has 3 rings (SSSR count). The fraction of sp³-hybridized carbons (Fsp3) is 0.417. The fourth-order valence-electron chi connectivity index (χ4n) is 3.72. The van der Waals surface area contributed by atoms with Gasteiger partial charge in [-0.25, -0.2) is 9.18 Å². The van der Waals surface area contributed by atoms with Crippen molar-refractivity contribution in [2.75, 3.05) is 49.6 Å². The first-order valence-corrected chi connectivity index (χ1v) is 11.0. The number of hydroxylamine groups is 2. The average molecular weight is 459 g/mol. The Hall–Kier alpha value is -3.17. The minimum Gasteiger partial charge on any atom is -0.442 e. The Labute approximate surface area is 193 Å². The summed E-state index contributed by atoms with van der Waals surface area (Å²) in [6.45, 7) is 6.23. The highest BCUT2D eigenvalue weighted by Crippen LogP contribution is 2.28. The van der Waals surface area contributed by atoms with Crippen LogP contribution in [0.15, 0.2) is 48.5 Å². The van der Waals surface area contributed by atoms with E-state index in [1.54, 1.807) is 19.2 Å². The van der Waals surface area contributed by atoms with E-state index in [4.69, 9.17) is 9.57 Å². The second-order valence-corrected chi connectivity index (χ2v) is 7.80. The van der Waals surface area contributed by atoms with E-state index in [9.17, 15) is 9.59 Å². The molecule has 33 heavy (non-hydrogen) atoms. The Morgan fingerprint density at radius 1 is 1.24 bits per heavy atom. The number of hydrogen-bond acceptors (Lipinski definition) is 6. The van der Waals surface area contributed by atoms with Crippen molar-refractivity contribution in [3.8, 4) is 0 Å². The molecule has 2 amide bonds. The molecule has 1 atom stereocenters. The third kappa shape index (κ3) is 6.66. The standard InChI is InChI=1S/C24H31FN4O4/c1-4-27(12-13-28(32-3)16-19-8-6-5-7-9-19)23-11-10-20(14-22(23)25)29-17-21(33-24(29)31)15-26-18(2)30/h5-11,14,21H,4,12-13,15-17H2,1-3H3,(H,26,30)/t21-/m0/s1. The lowest BCUT2D eigenvalue weighted by Crippen LogP contribution is -2.35. The van der Waals surface area contributed by atoms with Crippen molar-refractivity contribution in [3.63, 3.8) is 0 Å². The molecule has 0 unspecified atom stereocenters. The molecule has 1 N–H and O–H groups in total. The summed E-state index contributed by atoms with van der Waals surface area (Å²) >= 11 is 0. The van der Waals surface area contributed by atoms with E-state index in [1.807, 2.05) is 47.2 Å². The Morgan fingerprint density at radius 2 is 2.00 bits per heavy atom. The molecular formula is C24H31FN4O4. The van der Waals surface area contributed by atoms with Gasteiger partial charge < -0.3 is 19.8 Å². The first kappa shape index (κ1) is 24.5. The quantitative estimate of drug-likeness (QED) is 0.522. The molecule has 0 spiro atoms. The van der Waals surface area contributed by atoms with Gasteiger partial charge in [-0.15, -0.1) is 0 Å². The third-order valence-corrected chi connectivity index (χ3v) is 5.50. The molecule has 2 aromatic rings. The molecule has 1 aliphatic rings. The van der Waals surface area contributed by atoms with Crippen molar-refractivity contribution in [1.29, 1.82) is 0 Å². The number of nitrogens with zero attached hydrogens (tertiary/aromatic N) is 3. The summed E-state index contributed by atoms with van der Waals surface area (Å²) in [5.41, 5.74) is 2.01. The van der Waals surface area contributed by atoms with E-state index in [0.29, 0.717) is 37.6 Å². The maximum atomic E-state index is 15.0. The van der Waals surface area contributed by atoms with Crippen LogP contribution in [0.25, 0.3) is 0 Å². The first-order valence-electron chi connectivity index (χ1n) is 11.0. The number of amides is 2. The van der Waals surface area contributed by atoms with Gasteiger partial charge in [0.25, 0.3) is 0 Å². The van der Waals surface area contributed by atoms with E-state index < -0.39 is 18.0 Å². The molecule has 9 heteroatoms. The van der Waals surface area contributed by atoms with Crippen LogP contribution in [-0.2, 0) is 20.9 Å². The number of ether oxygens (including phenoxy) is 1. The average Bonchev–Trinajstić information content (AvgIpc) is 3.19. The molecule has 0 bridgehead atoms. The fourth-order valence-corrected chi connectivity index (χ4v) is 3.72. The number of benzene rings is 2. The zero-order valence-electron chi connectivity index (χ0n) is 19.3. The van der Waals surface area contributed by atoms with E-state index >= 15 is 4.39 Å². The highest BCUT2D eigenvalue weighted by atomic mass is 19.1. The topological polar surface area (TPSA) is 74.3 Å². The number of anilines is 2. The van der Waals surface area contributed by atoms with Gasteiger partial charge in [0.15, 0.2) is 0 Å². The monoisotopic (exact) mass is 458 g/mol. The van der Waals surface area contributed by atoms with Crippen molar-refractivity contribution in [2.24, 2.45) is 0 Å². The summed E-state index contributed by atoms with van der Waals surface area (Å²) in [6, 6.07) is 14.7. The molecule has 0 saturated carbocycles. The Bertz CT molecular complexity index is 943. The lowest BCUT2D eigenvalue weighted by molar-refractivity contribution is -0.136. The van der Waals surface area contributed by atoms with Crippen molar-refractivity contribution < 1.29 is 23.6 Å². The molecule has 0 radical (unpaired) electrons. The lowest BCUT2D eigenvalue weighted by Gasteiger charge is -2.28. The molecule has 1 aliphatic heterocycles. The summed E-state index contributed by atoms with van der Waals surface area (Å²) in [6.07, 6.45) is -1.03. The molecule has 0 aromatic heterocycles. The molecule has 0 aliphatic carbocycles. The van der Waals surface area contributed by atoms with Crippen LogP contribution in [0, 0.1) is 5.82 Å². The van der Waals surface area contributed by atoms with Crippen LogP contribution in [0.5, 0.6) is 0 Å². The second-order valence-electron chi connectivity index (χ2n) is 7.80. The van der Waals surface area contributed by atoms with Gasteiger partial charge in [-0.2, -0.15) is 5.06 Å². The Morgan fingerprint density at radius 3 is 2.64 bits per heavy atom. The number of carbonyl (C=O) groups excluding carboxylic acids is 2. The van der Waals surface area contributed by atoms with E-state index in [-0.39, 0.29) is 19.0 Å². The van der Waals surface area contributed by atoms with E-state index in [2.05, 4.69) is 5.32 Å². The highest BCUT2D eigenvalue weighted by molar-refractivity contribution is 5.90. The number of cyclic esters (lactones) is 1. The summed E-state index contributed by atoms with van der Waals surface area (Å²) < 4.78 is 20.3. The van der Waals surface area contributed by atoms with Gasteiger partial charge in [0.05, 0.1) is 31.6 Å². The van der Waals surface area contributed by atoms with Crippen LogP contribution in [0.3, 0.4) is 0 Å². The molecule has 8 nitrogen and oxygen atoms in total. The van der Waals surface area contributed by atoms with Crippen LogP contribution >= 0.6 is 0 Å². The molecule has 1 saturated heterocycles. The van der Waals surface area contributed by atoms with Crippen molar-refractivity contribution in [3.05, 3.63) is 59.9 Å². The molecule has 2 aromatic carbocycles. The van der Waals surface area contributed by atoms with Gasteiger partial charge in [0.1, 0.15) is 11.9 Å². The number of carbonyl (C=O) groups is 2. The maximum Gasteiger partial charge on any atom is 0.414 e. The summed E-state index contributed by atoms with van der Waals surface area (Å²) in [7, 11) is 1.63. The van der Waals surface area contributed by atoms with E-state index in [1.165, 1.54) is 17.9 Å². The first-order chi connectivity index (χ1) is 15.9. The zero-order valence-corrected chi connectivity index (χ0v) is 19.3. The zero-order chi connectivity index (χ0) is 23.8. The second kappa shape index (κ2) is 11.6. The number of halogens is 1. The van der Waals surface area contributed by atoms with Crippen molar-refractivity contribution in [1.82, 2.24) is 10.4 Å². The largest absolute Gasteiger partial charge is 0.442 e. The summed E-state index contributed by atoms with van der Waals surface area (Å²) in [5, 5.41) is 4.46. The predicted octanol–water partition coefficient (Wildman–Crippen LogP) is 3.18. The Kier molecular flexibility index (Phi) is 8.62. The molecule has 178 valence electrons. The van der Waals surface area contributed by atoms with Gasteiger partial charge >= 0.3 is 6.09 Å². The van der Waals surface area contributed by atoms with E-state index in [0.717, 1.165) is 5.56 Å². The minimum absolute atomic E-state index is 0.199. The summed E-state index contributed by atoms with van der Waals surface area (Å²) in [4.78, 5) is 32.1. The van der Waals surface area contributed by atoms with Crippen LogP contribution in [0.4, 0.5) is 20.6 Å². The lowest BCUT2D eigenvalue weighted by atomic mass is 10.2. The predicted molar refractivity (Wildman–Crippen MR) is 124 cm³/mol. The van der Waals surface area contributed by atoms with Gasteiger partial charge in [-0.3, -0.25) is 9.69 Å². The molecule has 1 heterocycles. The maximum absolute atomic E-state index is 15.0. The number of rotatable bonds is 11. The van der Waals surface area contributed by atoms with Crippen LogP contribution in [-0.4, -0.2) is 63.0 Å². The Balaban J connectivity index is 1.62. The SMILES string of the molecule is CCN(CCN(Cc1ccccc1)OC)c1ccc(N2C[C@H](CNC(C)=O)OC2=O)cc1F. The number of nitrogens with one attached hydrogen (secondary N) is 1. The van der Waals surface area contributed by atoms with Crippen LogP contribution < -0.4 is 15.1 Å². The minimum atomic E-state index is -0.554. The van der Waals surface area contributed by atoms with Gasteiger partial charge in [0, 0.05) is 33.1 Å². The summed E-state index contributed by atoms with van der Waals surface area (Å²) in [5.74, 6) is -0.616. The number of likely N-dealkylation sites (N-methyl/N-ethyl adjacent to an activating group) is 1. The third-order valence-electron chi connectivity index (χ3n) is 5.50. The highest BCUT2D eigenvalue weighted by Gasteiger charge is 2.32.